The fourth-order valence-electron chi connectivity index (χ4n) is 8.38. The Balaban J connectivity index is 1.61. The van der Waals surface area contributed by atoms with Crippen LogP contribution in [0.3, 0.4) is 0 Å². The lowest BCUT2D eigenvalue weighted by atomic mass is 9.79. The van der Waals surface area contributed by atoms with Gasteiger partial charge in [0.05, 0.1) is 43.5 Å². The van der Waals surface area contributed by atoms with Crippen LogP contribution in [0.25, 0.3) is 0 Å². The van der Waals surface area contributed by atoms with Gasteiger partial charge in [0.25, 0.3) is 0 Å². The van der Waals surface area contributed by atoms with Crippen LogP contribution in [-0.2, 0) is 47.5 Å². The Morgan fingerprint density at radius 2 is 1.58 bits per heavy atom. The highest BCUT2D eigenvalue weighted by Crippen LogP contribution is 2.45. The Bertz CT molecular complexity index is 1220. The molecule has 3 saturated heterocycles. The van der Waals surface area contributed by atoms with Gasteiger partial charge in [0.15, 0.2) is 18.4 Å². The molecule has 53 heavy (non-hydrogen) atoms. The highest BCUT2D eigenvalue weighted by Gasteiger charge is 2.57. The van der Waals surface area contributed by atoms with E-state index in [9.17, 15) is 24.9 Å². The second kappa shape index (κ2) is 19.1. The molecule has 306 valence electrons. The summed E-state index contributed by atoms with van der Waals surface area (Å²) in [5, 5.41) is 33.6. The molecule has 0 aromatic carbocycles. The van der Waals surface area contributed by atoms with E-state index >= 15 is 0 Å². The molecule has 0 saturated carbocycles. The highest BCUT2D eigenvalue weighted by atomic mass is 16.7. The van der Waals surface area contributed by atoms with E-state index in [0.717, 1.165) is 0 Å². The van der Waals surface area contributed by atoms with E-state index in [-0.39, 0.29) is 42.8 Å². The van der Waals surface area contributed by atoms with Crippen LogP contribution in [-0.4, -0.2) is 152 Å². The zero-order chi connectivity index (χ0) is 39.4. The van der Waals surface area contributed by atoms with Crippen molar-refractivity contribution < 1.29 is 62.8 Å². The van der Waals surface area contributed by atoms with E-state index in [1.807, 2.05) is 60.5 Å². The van der Waals surface area contributed by atoms with Gasteiger partial charge in [-0.05, 0) is 72.2 Å². The van der Waals surface area contributed by atoms with Crippen molar-refractivity contribution in [2.45, 2.75) is 166 Å². The summed E-state index contributed by atoms with van der Waals surface area (Å²) in [5.41, 5.74) is -0.828. The number of fused-ring (bicyclic) bond motifs is 1. The third-order valence-corrected chi connectivity index (χ3v) is 12.0. The third kappa shape index (κ3) is 10.4. The Morgan fingerprint density at radius 3 is 2.19 bits per heavy atom. The molecule has 3 N–H and O–H groups in total. The largest absolute Gasteiger partial charge is 0.462 e. The van der Waals surface area contributed by atoms with Crippen LogP contribution in [0, 0.1) is 23.7 Å². The standard InChI is InChI=1S/C39H67NO13/c1-12-24-16-20(3)27(41)14-15-39(7)36(53-39)25(19-48-38-35(47-11)34(46-10)31(44)23(6)50-38)29(13-2)51-30(43)18-28(42)22(5)33(24)52-37-32(45)26(40(8)9)17-21(4)49-37/h14-15,20-26,28-29,31-38,42,44-45H,12-13,16-19H2,1-11H3/b15-14+/t20-,21-,22+,23-,24+,25?,26+,28-,29-,31-,32-,33-,34-,35-,36+,37+,38-,39+/m1/s1. The molecule has 3 fully saturated rings. The van der Waals surface area contributed by atoms with Gasteiger partial charge in [0.1, 0.15) is 36.1 Å². The fourth-order valence-corrected chi connectivity index (χ4v) is 8.38. The Morgan fingerprint density at radius 1 is 0.906 bits per heavy atom. The fraction of sp³-hybridized carbons (Fsp3) is 0.897. The number of hydrogen-bond donors (Lipinski definition) is 3. The van der Waals surface area contributed by atoms with Gasteiger partial charge in [-0.1, -0.05) is 34.1 Å². The third-order valence-electron chi connectivity index (χ3n) is 12.0. The quantitative estimate of drug-likeness (QED) is 0.219. The maximum absolute atomic E-state index is 13.6. The average Bonchev–Trinajstić information content (AvgIpc) is 3.79. The number of carbonyl (C=O) groups is 2. The molecule has 4 aliphatic rings. The number of rotatable bonds is 10. The molecule has 4 heterocycles. The number of carbonyl (C=O) groups excluding carboxylic acids is 2. The van der Waals surface area contributed by atoms with Gasteiger partial charge in [-0.15, -0.1) is 0 Å². The van der Waals surface area contributed by atoms with Crippen molar-refractivity contribution in [3.8, 4) is 0 Å². The van der Waals surface area contributed by atoms with Crippen LogP contribution in [0.2, 0.25) is 0 Å². The predicted molar refractivity (Wildman–Crippen MR) is 194 cm³/mol. The summed E-state index contributed by atoms with van der Waals surface area (Å²) in [7, 11) is 6.78. The Kier molecular flexibility index (Phi) is 15.9. The van der Waals surface area contributed by atoms with Gasteiger partial charge in [-0.25, -0.2) is 0 Å². The number of ketones is 1. The van der Waals surface area contributed by atoms with Crippen LogP contribution in [0.15, 0.2) is 12.2 Å². The molecule has 0 radical (unpaired) electrons. The second-order valence-corrected chi connectivity index (χ2v) is 16.1. The lowest BCUT2D eigenvalue weighted by Gasteiger charge is -2.44. The molecule has 0 aromatic rings. The smallest absolute Gasteiger partial charge is 0.308 e. The van der Waals surface area contributed by atoms with Gasteiger partial charge in [-0.2, -0.15) is 0 Å². The van der Waals surface area contributed by atoms with Crippen LogP contribution >= 0.6 is 0 Å². The highest BCUT2D eigenvalue weighted by molar-refractivity contribution is 5.91. The van der Waals surface area contributed by atoms with E-state index in [1.165, 1.54) is 14.2 Å². The van der Waals surface area contributed by atoms with Gasteiger partial charge >= 0.3 is 5.97 Å². The number of epoxide rings is 1. The minimum Gasteiger partial charge on any atom is -0.462 e. The van der Waals surface area contributed by atoms with Crippen LogP contribution in [0.1, 0.15) is 80.6 Å². The first-order valence-corrected chi connectivity index (χ1v) is 19.4. The summed E-state index contributed by atoms with van der Waals surface area (Å²) in [6.07, 6.45) is -3.72. The van der Waals surface area contributed by atoms with Gasteiger partial charge in [-0.3, -0.25) is 9.59 Å². The summed E-state index contributed by atoms with van der Waals surface area (Å²) >= 11 is 0. The van der Waals surface area contributed by atoms with E-state index in [4.69, 9.17) is 37.9 Å². The second-order valence-electron chi connectivity index (χ2n) is 16.1. The first-order chi connectivity index (χ1) is 25.0. The minimum atomic E-state index is -1.16. The number of likely N-dealkylation sites (N-methyl/N-ethyl adjacent to an activating group) is 1. The van der Waals surface area contributed by atoms with Gasteiger partial charge in [0, 0.05) is 38.0 Å². The number of esters is 1. The van der Waals surface area contributed by atoms with E-state index in [0.29, 0.717) is 25.7 Å². The van der Waals surface area contributed by atoms with Crippen molar-refractivity contribution in [2.24, 2.45) is 23.7 Å². The normalized spacial score (nSPS) is 46.8. The van der Waals surface area contributed by atoms with E-state index in [2.05, 4.69) is 0 Å². The summed E-state index contributed by atoms with van der Waals surface area (Å²) in [4.78, 5) is 29.2. The molecule has 0 bridgehead atoms. The topological polar surface area (TPSA) is 175 Å². The minimum absolute atomic E-state index is 0.0388. The maximum atomic E-state index is 13.6. The number of nitrogens with zero attached hydrogens (tertiary/aromatic N) is 1. The first-order valence-electron chi connectivity index (χ1n) is 19.4. The molecule has 14 nitrogen and oxygen atoms in total. The molecule has 0 aliphatic carbocycles. The number of aliphatic hydroxyl groups is 3. The van der Waals surface area contributed by atoms with E-state index in [1.54, 1.807) is 19.1 Å². The number of allylic oxidation sites excluding steroid dienone is 1. The molecular formula is C39H67NO13. The zero-order valence-electron chi connectivity index (χ0n) is 33.6. The molecule has 1 unspecified atom stereocenters. The van der Waals surface area contributed by atoms with Crippen molar-refractivity contribution in [3.63, 3.8) is 0 Å². The molecule has 0 spiro atoms. The molecule has 18 atom stereocenters. The SMILES string of the molecule is CC[C@H]1C[C@@H](C)C(=O)/C=C/[C@]2(C)O[C@H]2C(CO[C@@H]2O[C@H](C)[C@@H](O)[C@@H](OC)[C@H]2OC)[C@@H](CC)OC(=O)C[C@@H](O)[C@H](C)[C@H]1O[C@@H]1O[C@H](C)C[C@H](N(C)C)[C@H]1O. The number of methoxy groups -OCH3 is 2. The monoisotopic (exact) mass is 757 g/mol. The lowest BCUT2D eigenvalue weighted by Crippen LogP contribution is -2.59. The summed E-state index contributed by atoms with van der Waals surface area (Å²) in [5.74, 6) is -2.33. The number of aliphatic hydroxyl groups excluding tert-OH is 3. The first kappa shape index (κ1) is 44.2. The molecule has 4 rings (SSSR count). The number of hydrogen-bond acceptors (Lipinski definition) is 14. The van der Waals surface area contributed by atoms with Crippen molar-refractivity contribution in [2.75, 3.05) is 34.9 Å². The van der Waals surface area contributed by atoms with E-state index < -0.39 is 90.9 Å². The molecule has 0 aromatic heterocycles. The zero-order valence-corrected chi connectivity index (χ0v) is 33.6. The summed E-state index contributed by atoms with van der Waals surface area (Å²) < 4.78 is 48.6. The Labute approximate surface area is 315 Å². The molecule has 4 aliphatic heterocycles. The van der Waals surface area contributed by atoms with Crippen molar-refractivity contribution in [1.82, 2.24) is 4.90 Å². The maximum Gasteiger partial charge on any atom is 0.308 e. The Hall–Kier alpha value is -1.56. The van der Waals surface area contributed by atoms with Crippen LogP contribution in [0.4, 0.5) is 0 Å². The van der Waals surface area contributed by atoms with Crippen molar-refractivity contribution in [3.05, 3.63) is 12.2 Å². The van der Waals surface area contributed by atoms with Crippen LogP contribution in [0.5, 0.6) is 0 Å². The number of cyclic esters (lactones) is 1. The summed E-state index contributed by atoms with van der Waals surface area (Å²) in [6, 6.07) is -0.199. The molecule has 0 amide bonds. The molecular weight excluding hydrogens is 690 g/mol. The van der Waals surface area contributed by atoms with Crippen molar-refractivity contribution >= 4 is 11.8 Å². The summed E-state index contributed by atoms with van der Waals surface area (Å²) in [6.45, 7) is 13.2. The van der Waals surface area contributed by atoms with Crippen molar-refractivity contribution in [1.29, 1.82) is 0 Å². The van der Waals surface area contributed by atoms with Gasteiger partial charge < -0.3 is 58.1 Å². The predicted octanol–water partition coefficient (Wildman–Crippen LogP) is 2.62. The lowest BCUT2D eigenvalue weighted by molar-refractivity contribution is -0.305. The van der Waals surface area contributed by atoms with Gasteiger partial charge in [0.2, 0.25) is 0 Å². The average molecular weight is 758 g/mol. The molecule has 14 heteroatoms. The van der Waals surface area contributed by atoms with Crippen LogP contribution < -0.4 is 0 Å². The number of ether oxygens (including phenoxy) is 8.